The molecule has 0 saturated carbocycles. The fourth-order valence-electron chi connectivity index (χ4n) is 5.87. The Bertz CT molecular complexity index is 2100. The van der Waals surface area contributed by atoms with E-state index >= 15 is 35.1 Å². The molecular weight excluding hydrogens is 918 g/mol. The Morgan fingerprint density at radius 2 is 0.576 bits per heavy atom. The smallest absolute Gasteiger partial charge is 0.211 e. The molecule has 0 bridgehead atoms. The molecule has 5 aromatic carbocycles. The number of Topliss-reactive ketones (excluding diaryl/α,β-unsaturated/α-hetero) is 1. The zero-order valence-corrected chi connectivity index (χ0v) is 30.0. The van der Waals surface area contributed by atoms with Gasteiger partial charge in [-0.15, -0.1) is 21.9 Å². The maximum absolute atomic E-state index is 15.4. The van der Waals surface area contributed by atoms with E-state index in [1.165, 1.54) is 0 Å². The van der Waals surface area contributed by atoms with Crippen LogP contribution in [0, 0.1) is 116 Å². The predicted octanol–water partition coefficient (Wildman–Crippen LogP) is 8.73. The van der Waals surface area contributed by atoms with Gasteiger partial charge >= 0.3 is 0 Å². The average Bonchev–Trinajstić information content (AvgIpc) is 3.23. The largest absolute Gasteiger partial charge is 0.289 e. The monoisotopic (exact) mass is 928 g/mol. The van der Waals surface area contributed by atoms with Gasteiger partial charge in [0, 0.05) is 16.5 Å². The van der Waals surface area contributed by atoms with Crippen molar-refractivity contribution in [2.24, 2.45) is 0 Å². The normalized spacial score (nSPS) is 11.6. The lowest BCUT2D eigenvalue weighted by molar-refractivity contribution is 0.102. The van der Waals surface area contributed by atoms with Crippen molar-refractivity contribution in [3.8, 4) is 0 Å². The Balaban J connectivity index is 0.000000464. The number of hydrogen-bond acceptors (Lipinski definition) is 1. The van der Waals surface area contributed by atoms with Gasteiger partial charge in [-0.25, -0.2) is 87.8 Å². The van der Waals surface area contributed by atoms with E-state index in [9.17, 15) is 57.5 Å². The molecule has 5 aromatic rings. The Morgan fingerprint density at radius 1 is 0.373 bits per heavy atom. The summed E-state index contributed by atoms with van der Waals surface area (Å²) in [5, 5.41) is 0.921. The van der Waals surface area contributed by atoms with Crippen LogP contribution in [0.15, 0.2) is 30.3 Å². The lowest BCUT2D eigenvalue weighted by Crippen LogP contribution is -2.81. The van der Waals surface area contributed by atoms with Crippen molar-refractivity contribution in [3.63, 3.8) is 0 Å². The van der Waals surface area contributed by atoms with Gasteiger partial charge in [-0.1, -0.05) is 53.5 Å². The van der Waals surface area contributed by atoms with Crippen molar-refractivity contribution in [1.29, 1.82) is 0 Å². The zero-order chi connectivity index (χ0) is 44.7. The maximum Gasteiger partial charge on any atom is 0.211 e. The molecule has 0 radical (unpaired) electrons. The SMILES string of the molecule is Fc1c(F)c(F)c([B-](c2c(F)c(F)c(F)c(F)c2F)(c2c(F)c(F)c(F)c(F)c2F)c2c(F)c(F)c(F)c(F)c2F)c(F)c1F.O=C(C[S+](CCl)CCl)c1ccccc1. The average molecular weight is 929 g/mol. The molecule has 59 heavy (non-hydrogen) atoms. The van der Waals surface area contributed by atoms with E-state index in [1.54, 1.807) is 0 Å². The molecule has 0 aromatic heterocycles. The van der Waals surface area contributed by atoms with E-state index in [-0.39, 0.29) is 16.7 Å². The van der Waals surface area contributed by atoms with Gasteiger partial charge in [0.05, 0.1) is 0 Å². The van der Waals surface area contributed by atoms with Gasteiger partial charge in [0.15, 0.2) is 86.0 Å². The van der Waals surface area contributed by atoms with Gasteiger partial charge in [0.1, 0.15) is 52.7 Å². The summed E-state index contributed by atoms with van der Waals surface area (Å²) in [6.07, 6.45) is -7.22. The standard InChI is InChI=1S/C24BF20.C10H11Cl2OS/c26-5-1(6(27)14(35)21(42)13(5)34)25(2-7(28)15(36)22(43)16(37)8(2)29,3-9(30)17(38)23(44)18(39)10(3)31)4-11(32)19(40)24(45)20(41)12(4)33;11-7-14(8-12)6-10(13)9-4-2-1-3-5-9/h;1-5H,6-8H2/q-1;+1. The molecule has 0 amide bonds. The van der Waals surface area contributed by atoms with Crippen molar-refractivity contribution < 1.29 is 92.6 Å². The molecule has 0 fully saturated rings. The zero-order valence-electron chi connectivity index (χ0n) is 27.7. The van der Waals surface area contributed by atoms with Crippen molar-refractivity contribution in [3.05, 3.63) is 152 Å². The first-order chi connectivity index (χ1) is 27.5. The summed E-state index contributed by atoms with van der Waals surface area (Å²) in [5.41, 5.74) is -13.6. The van der Waals surface area contributed by atoms with E-state index in [2.05, 4.69) is 0 Å². The van der Waals surface area contributed by atoms with Crippen LogP contribution in [0.2, 0.25) is 0 Å². The molecule has 0 heterocycles. The molecule has 0 N–H and O–H groups in total. The van der Waals surface area contributed by atoms with Gasteiger partial charge in [-0.3, -0.25) is 4.79 Å². The molecule has 0 aliphatic rings. The van der Waals surface area contributed by atoms with Gasteiger partial charge < -0.3 is 0 Å². The third-order valence-electron chi connectivity index (χ3n) is 8.45. The molecule has 0 atom stereocenters. The molecule has 316 valence electrons. The number of carbonyl (C=O) groups is 1. The lowest BCUT2D eigenvalue weighted by atomic mass is 9.12. The molecular formula is C34H11BCl2F20OS. The van der Waals surface area contributed by atoms with Gasteiger partial charge in [-0.2, -0.15) is 0 Å². The first kappa shape index (κ1) is 47.0. The number of alkyl halides is 2. The van der Waals surface area contributed by atoms with Gasteiger partial charge in [0.25, 0.3) is 0 Å². The minimum absolute atomic E-state index is 0.121. The molecule has 25 heteroatoms. The van der Waals surface area contributed by atoms with E-state index in [4.69, 9.17) is 23.2 Å². The van der Waals surface area contributed by atoms with Crippen LogP contribution < -0.4 is 21.9 Å². The number of ketones is 1. The maximum atomic E-state index is 15.4. The van der Waals surface area contributed by atoms with Crippen LogP contribution in [0.1, 0.15) is 10.4 Å². The Kier molecular flexibility index (Phi) is 14.3. The summed E-state index contributed by atoms with van der Waals surface area (Å²) in [6, 6.07) is 9.22. The molecule has 0 aliphatic carbocycles. The number of carbonyl (C=O) groups excluding carboxylic acids is 1. The second kappa shape index (κ2) is 17.9. The Morgan fingerprint density at radius 3 is 0.780 bits per heavy atom. The highest BCUT2D eigenvalue weighted by molar-refractivity contribution is 7.99. The second-order valence-corrected chi connectivity index (χ2v) is 14.8. The van der Waals surface area contributed by atoms with Crippen LogP contribution in [0.3, 0.4) is 0 Å². The molecule has 0 unspecified atom stereocenters. The minimum Gasteiger partial charge on any atom is -0.289 e. The third-order valence-corrected chi connectivity index (χ3v) is 11.6. The topological polar surface area (TPSA) is 17.1 Å². The summed E-state index contributed by atoms with van der Waals surface area (Å²) in [7, 11) is -0.188. The summed E-state index contributed by atoms with van der Waals surface area (Å²) in [5.74, 6) is -70.8. The summed E-state index contributed by atoms with van der Waals surface area (Å²) < 4.78 is 294. The van der Waals surface area contributed by atoms with E-state index < -0.39 is 144 Å². The second-order valence-electron chi connectivity index (χ2n) is 11.6. The minimum atomic E-state index is -7.22. The highest BCUT2D eigenvalue weighted by Crippen LogP contribution is 2.30. The van der Waals surface area contributed by atoms with Crippen molar-refractivity contribution >= 4 is 67.9 Å². The quantitative estimate of drug-likeness (QED) is 0.0275. The fourth-order valence-corrected chi connectivity index (χ4v) is 7.79. The van der Waals surface area contributed by atoms with Crippen LogP contribution in [0.5, 0.6) is 0 Å². The highest BCUT2D eigenvalue weighted by atomic mass is 35.5. The number of hydrogen-bond donors (Lipinski definition) is 0. The van der Waals surface area contributed by atoms with Crippen LogP contribution in [0.25, 0.3) is 0 Å². The summed E-state index contributed by atoms with van der Waals surface area (Å²) in [4.78, 5) is 11.7. The summed E-state index contributed by atoms with van der Waals surface area (Å²) in [6.45, 7) is 0. The van der Waals surface area contributed by atoms with Crippen molar-refractivity contribution in [2.75, 3.05) is 16.2 Å². The fraction of sp³-hybridized carbons (Fsp3) is 0.0882. The molecule has 0 aliphatic heterocycles. The van der Waals surface area contributed by atoms with Gasteiger partial charge in [0.2, 0.25) is 5.78 Å². The summed E-state index contributed by atoms with van der Waals surface area (Å²) >= 11 is 11.3. The molecule has 5 rings (SSSR count). The first-order valence-corrected chi connectivity index (χ1v) is 17.9. The van der Waals surface area contributed by atoms with E-state index in [0.29, 0.717) is 16.2 Å². The van der Waals surface area contributed by atoms with Crippen LogP contribution >= 0.6 is 23.2 Å². The van der Waals surface area contributed by atoms with Crippen molar-refractivity contribution in [1.82, 2.24) is 0 Å². The van der Waals surface area contributed by atoms with Gasteiger partial charge in [-0.05, 0) is 0 Å². The predicted molar refractivity (Wildman–Crippen MR) is 174 cm³/mol. The van der Waals surface area contributed by atoms with Crippen LogP contribution in [-0.4, -0.2) is 28.1 Å². The van der Waals surface area contributed by atoms with Crippen LogP contribution in [-0.2, 0) is 10.9 Å². The number of halogens is 22. The Labute approximate surface area is 328 Å². The molecule has 0 spiro atoms. The number of rotatable bonds is 9. The van der Waals surface area contributed by atoms with Crippen molar-refractivity contribution in [2.45, 2.75) is 0 Å². The Hall–Kier alpha value is -4.64. The molecule has 0 saturated heterocycles. The van der Waals surface area contributed by atoms with E-state index in [1.807, 2.05) is 30.3 Å². The highest BCUT2D eigenvalue weighted by Gasteiger charge is 2.52. The third kappa shape index (κ3) is 7.68. The number of benzene rings is 5. The molecule has 1 nitrogen and oxygen atoms in total. The van der Waals surface area contributed by atoms with E-state index in [0.717, 1.165) is 5.56 Å². The first-order valence-electron chi connectivity index (χ1n) is 15.1. The lowest BCUT2D eigenvalue weighted by Gasteiger charge is -2.44. The van der Waals surface area contributed by atoms with Crippen LogP contribution in [0.4, 0.5) is 87.8 Å².